The molecule has 8 aromatic carbocycles. The highest BCUT2D eigenvalue weighted by Crippen LogP contribution is 2.58. The molecule has 0 amide bonds. The molecule has 0 fully saturated rings. The number of rotatable bonds is 3. The maximum Gasteiger partial charge on any atom is 0.136 e. The van der Waals surface area contributed by atoms with Crippen molar-refractivity contribution in [2.24, 2.45) is 0 Å². The first kappa shape index (κ1) is 30.7. The predicted molar refractivity (Wildman–Crippen MR) is 226 cm³/mol. The van der Waals surface area contributed by atoms with Gasteiger partial charge in [-0.1, -0.05) is 158 Å². The van der Waals surface area contributed by atoms with Gasteiger partial charge in [0.15, 0.2) is 0 Å². The van der Waals surface area contributed by atoms with E-state index in [-0.39, 0.29) is 0 Å². The van der Waals surface area contributed by atoms with Crippen molar-refractivity contribution in [1.29, 1.82) is 0 Å². The van der Waals surface area contributed by atoms with Crippen molar-refractivity contribution in [1.82, 2.24) is 0 Å². The van der Waals surface area contributed by atoms with Gasteiger partial charge in [-0.05, 0) is 96.9 Å². The molecule has 54 heavy (non-hydrogen) atoms. The average Bonchev–Trinajstić information content (AvgIpc) is 3.75. The lowest BCUT2D eigenvalue weighted by Crippen LogP contribution is -2.29. The number of hydrogen-bond donors (Lipinski definition) is 0. The number of fused-ring (bicyclic) bond motifs is 10. The van der Waals surface area contributed by atoms with E-state index in [9.17, 15) is 0 Å². The van der Waals surface area contributed by atoms with Gasteiger partial charge in [0.2, 0.25) is 0 Å². The van der Waals surface area contributed by atoms with Gasteiger partial charge in [-0.3, -0.25) is 0 Å². The molecule has 2 heteroatoms. The van der Waals surface area contributed by atoms with Gasteiger partial charge in [-0.15, -0.1) is 0 Å². The zero-order chi connectivity index (χ0) is 35.8. The zero-order valence-corrected chi connectivity index (χ0v) is 29.7. The number of para-hydroxylation sites is 1. The molecule has 9 aromatic rings. The Hall–Kier alpha value is -6.90. The maximum atomic E-state index is 6.51. The smallest absolute Gasteiger partial charge is 0.136 e. The molecule has 0 radical (unpaired) electrons. The lowest BCUT2D eigenvalue weighted by atomic mass is 9.67. The van der Waals surface area contributed by atoms with Crippen LogP contribution in [0.5, 0.6) is 0 Å². The maximum absolute atomic E-state index is 6.51. The van der Waals surface area contributed by atoms with Crippen molar-refractivity contribution in [2.75, 3.05) is 11.4 Å². The number of nitrogens with zero attached hydrogens (tertiary/aromatic N) is 1. The lowest BCUT2D eigenvalue weighted by Gasteiger charge is -2.35. The summed E-state index contributed by atoms with van der Waals surface area (Å²) in [6, 6.07) is 63.9. The van der Waals surface area contributed by atoms with E-state index < -0.39 is 5.41 Å². The molecule has 0 saturated heterocycles. The van der Waals surface area contributed by atoms with E-state index in [1.165, 1.54) is 54.9 Å². The van der Waals surface area contributed by atoms with Gasteiger partial charge >= 0.3 is 0 Å². The molecule has 0 saturated carbocycles. The molecule has 254 valence electrons. The van der Waals surface area contributed by atoms with Gasteiger partial charge in [-0.2, -0.15) is 0 Å². The van der Waals surface area contributed by atoms with Gasteiger partial charge in [-0.25, -0.2) is 0 Å². The van der Waals surface area contributed by atoms with Crippen LogP contribution in [0.25, 0.3) is 54.6 Å². The first-order chi connectivity index (χ1) is 26.7. The monoisotopic (exact) mass is 689 g/mol. The van der Waals surface area contributed by atoms with E-state index in [0.717, 1.165) is 44.4 Å². The van der Waals surface area contributed by atoms with Gasteiger partial charge in [0.1, 0.15) is 11.2 Å². The zero-order valence-electron chi connectivity index (χ0n) is 29.7. The van der Waals surface area contributed by atoms with E-state index >= 15 is 0 Å². The second-order valence-corrected chi connectivity index (χ2v) is 14.5. The minimum atomic E-state index is -0.528. The first-order valence-corrected chi connectivity index (χ1v) is 18.7. The topological polar surface area (TPSA) is 16.4 Å². The highest BCUT2D eigenvalue weighted by atomic mass is 16.3. The molecule has 1 aliphatic heterocycles. The van der Waals surface area contributed by atoms with Crippen LogP contribution >= 0.6 is 0 Å². The van der Waals surface area contributed by atoms with Gasteiger partial charge in [0, 0.05) is 28.6 Å². The Balaban J connectivity index is 1.22. The van der Waals surface area contributed by atoms with Gasteiger partial charge in [0.25, 0.3) is 0 Å². The summed E-state index contributed by atoms with van der Waals surface area (Å²) in [5.41, 5.74) is 12.9. The van der Waals surface area contributed by atoms with Crippen LogP contribution in [-0.4, -0.2) is 6.54 Å². The van der Waals surface area contributed by atoms with Crippen molar-refractivity contribution < 1.29 is 4.42 Å². The van der Waals surface area contributed by atoms with Crippen molar-refractivity contribution in [3.63, 3.8) is 0 Å². The number of benzene rings is 8. The van der Waals surface area contributed by atoms with E-state index in [1.54, 1.807) is 0 Å². The van der Waals surface area contributed by atoms with Crippen LogP contribution in [0.4, 0.5) is 11.4 Å². The Kier molecular flexibility index (Phi) is 6.72. The standard InChI is InChI=1S/C52H35NO/c1-34-30-45-42-20-10-12-22-47(42)52(37-15-4-2-5-16-37,38-17-6-3-7-18-38)48(45)28-29-53(39-26-27-41-36(31-39)25-24-35-14-8-9-19-40(35)41)49-32-46-43-21-11-13-23-50(43)54-51(46)33-44(34)49/h2-28,30-33H,1,29H2/b45-30?,48-28+. The third kappa shape index (κ3) is 4.41. The Bertz CT molecular complexity index is 3000. The van der Waals surface area contributed by atoms with Crippen molar-refractivity contribution >= 4 is 66.0 Å². The molecule has 0 bridgehead atoms. The molecule has 2 nitrogen and oxygen atoms in total. The number of allylic oxidation sites excluding steroid dienone is 4. The Labute approximate surface area is 314 Å². The van der Waals surface area contributed by atoms with E-state index in [4.69, 9.17) is 11.0 Å². The van der Waals surface area contributed by atoms with Crippen molar-refractivity contribution in [3.8, 4) is 0 Å². The molecule has 0 spiro atoms. The minimum absolute atomic E-state index is 0.528. The van der Waals surface area contributed by atoms with Crippen LogP contribution in [0, 0.1) is 0 Å². The minimum Gasteiger partial charge on any atom is -0.456 e. The highest BCUT2D eigenvalue weighted by Gasteiger charge is 2.48. The molecule has 1 aromatic heterocycles. The van der Waals surface area contributed by atoms with Crippen LogP contribution in [0.3, 0.4) is 0 Å². The Morgan fingerprint density at radius 1 is 0.519 bits per heavy atom. The summed E-state index contributed by atoms with van der Waals surface area (Å²) in [4.78, 5) is 2.48. The molecule has 0 atom stereocenters. The lowest BCUT2D eigenvalue weighted by molar-refractivity contribution is 0.669. The Morgan fingerprint density at radius 2 is 1.19 bits per heavy atom. The van der Waals surface area contributed by atoms with E-state index in [2.05, 4.69) is 187 Å². The fourth-order valence-corrected chi connectivity index (χ4v) is 9.31. The summed E-state index contributed by atoms with van der Waals surface area (Å²) in [5, 5.41) is 7.19. The third-order valence-electron chi connectivity index (χ3n) is 11.7. The van der Waals surface area contributed by atoms with Crippen molar-refractivity contribution in [3.05, 3.63) is 228 Å². The fraction of sp³-hybridized carbons (Fsp3) is 0.0385. The van der Waals surface area contributed by atoms with Crippen LogP contribution in [-0.2, 0) is 5.41 Å². The second kappa shape index (κ2) is 11.8. The van der Waals surface area contributed by atoms with Crippen LogP contribution in [0.1, 0.15) is 27.8 Å². The second-order valence-electron chi connectivity index (χ2n) is 14.5. The molecule has 2 aliphatic rings. The number of anilines is 2. The molecule has 11 rings (SSSR count). The molecule has 0 unspecified atom stereocenters. The molecule has 0 N–H and O–H groups in total. The predicted octanol–water partition coefficient (Wildman–Crippen LogP) is 13.4. The fourth-order valence-electron chi connectivity index (χ4n) is 9.31. The average molecular weight is 690 g/mol. The number of furan rings is 1. The van der Waals surface area contributed by atoms with Crippen LogP contribution < -0.4 is 4.90 Å². The van der Waals surface area contributed by atoms with E-state index in [1.807, 2.05) is 6.07 Å². The quantitative estimate of drug-likeness (QED) is 0.172. The third-order valence-corrected chi connectivity index (χ3v) is 11.7. The normalized spacial score (nSPS) is 15.9. The number of hydrogen-bond acceptors (Lipinski definition) is 2. The summed E-state index contributed by atoms with van der Waals surface area (Å²) < 4.78 is 6.51. The summed E-state index contributed by atoms with van der Waals surface area (Å²) >= 11 is 0. The summed E-state index contributed by atoms with van der Waals surface area (Å²) in [6.07, 6.45) is 4.80. The highest BCUT2D eigenvalue weighted by molar-refractivity contribution is 6.11. The summed E-state index contributed by atoms with van der Waals surface area (Å²) in [7, 11) is 0. The molecular weight excluding hydrogens is 655 g/mol. The van der Waals surface area contributed by atoms with Crippen molar-refractivity contribution in [2.45, 2.75) is 5.41 Å². The van der Waals surface area contributed by atoms with Gasteiger partial charge in [0.05, 0.1) is 11.1 Å². The Morgan fingerprint density at radius 3 is 2.00 bits per heavy atom. The van der Waals surface area contributed by atoms with Crippen LogP contribution in [0.2, 0.25) is 0 Å². The molecule has 2 heterocycles. The van der Waals surface area contributed by atoms with Gasteiger partial charge < -0.3 is 9.32 Å². The summed E-state index contributed by atoms with van der Waals surface area (Å²) in [5.74, 6) is 0. The van der Waals surface area contributed by atoms with Crippen LogP contribution in [0.15, 0.2) is 205 Å². The summed E-state index contributed by atoms with van der Waals surface area (Å²) in [6.45, 7) is 5.47. The van der Waals surface area contributed by atoms with E-state index in [0.29, 0.717) is 6.54 Å². The largest absolute Gasteiger partial charge is 0.456 e. The molecular formula is C52H35NO. The molecule has 1 aliphatic carbocycles. The first-order valence-electron chi connectivity index (χ1n) is 18.7. The SMILES string of the molecule is C=C1C=C2/C(=C\CN(c3ccc4c(ccc5ccccc54)c3)c3cc4c(cc31)oc1ccccc14)C(c1ccccc1)(c1ccccc1)c1ccccc12.